The molecule has 1 unspecified atom stereocenters. The predicted molar refractivity (Wildman–Crippen MR) is 75.8 cm³/mol. The summed E-state index contributed by atoms with van der Waals surface area (Å²) in [5.41, 5.74) is 2.45. The third-order valence-electron chi connectivity index (χ3n) is 3.84. The zero-order chi connectivity index (χ0) is 13.2. The molecule has 0 aliphatic carbocycles. The smallest absolute Gasteiger partial charge is 0.222 e. The average molecular weight is 257 g/mol. The van der Waals surface area contributed by atoms with Gasteiger partial charge in [0.1, 0.15) is 0 Å². The van der Waals surface area contributed by atoms with Crippen LogP contribution in [0, 0.1) is 0 Å². The van der Waals surface area contributed by atoms with E-state index in [9.17, 15) is 4.79 Å². The van der Waals surface area contributed by atoms with Gasteiger partial charge in [-0.05, 0) is 29.5 Å². The second-order valence-corrected chi connectivity index (χ2v) is 5.29. The maximum absolute atomic E-state index is 11.4. The van der Waals surface area contributed by atoms with Crippen molar-refractivity contribution < 1.29 is 4.79 Å². The summed E-state index contributed by atoms with van der Waals surface area (Å²) in [6.07, 6.45) is 3.56. The summed E-state index contributed by atoms with van der Waals surface area (Å²) in [5.74, 6) is 0.255. The van der Waals surface area contributed by atoms with Gasteiger partial charge in [0.2, 0.25) is 5.91 Å². The number of hydrogen-bond acceptors (Lipinski definition) is 2. The Morgan fingerprint density at radius 3 is 3.16 bits per heavy atom. The van der Waals surface area contributed by atoms with Crippen LogP contribution in [0.5, 0.6) is 0 Å². The van der Waals surface area contributed by atoms with Crippen LogP contribution in [0.2, 0.25) is 0 Å². The Morgan fingerprint density at radius 2 is 2.32 bits per heavy atom. The molecule has 0 radical (unpaired) electrons. The number of benzene rings is 1. The Morgan fingerprint density at radius 1 is 1.42 bits per heavy atom. The molecule has 2 N–H and O–H groups in total. The lowest BCUT2D eigenvalue weighted by Gasteiger charge is -2.30. The van der Waals surface area contributed by atoms with Gasteiger partial charge in [-0.25, -0.2) is 0 Å². The standard InChI is InChI=1S/C15H19N3O/c1-18-10-13(4-5-15(18)19)17-9-11-2-3-12-6-7-16-14(12)8-11/h2-3,6-8,13,16-17H,4-5,9-10H2,1H3. The van der Waals surface area contributed by atoms with Gasteiger partial charge in [0.25, 0.3) is 0 Å². The fourth-order valence-corrected chi connectivity index (χ4v) is 2.65. The number of carbonyl (C=O) groups excluding carboxylic acids is 1. The van der Waals surface area contributed by atoms with Crippen molar-refractivity contribution in [1.82, 2.24) is 15.2 Å². The molecule has 1 aromatic heterocycles. The maximum atomic E-state index is 11.4. The van der Waals surface area contributed by atoms with Crippen LogP contribution in [-0.4, -0.2) is 35.4 Å². The van der Waals surface area contributed by atoms with Crippen LogP contribution in [0.3, 0.4) is 0 Å². The number of nitrogens with zero attached hydrogens (tertiary/aromatic N) is 1. The molecule has 1 fully saturated rings. The summed E-state index contributed by atoms with van der Waals surface area (Å²) in [6, 6.07) is 8.95. The normalized spacial score (nSPS) is 20.2. The number of nitrogens with one attached hydrogen (secondary N) is 2. The molecule has 1 aliphatic heterocycles. The Hall–Kier alpha value is -1.81. The lowest BCUT2D eigenvalue weighted by molar-refractivity contribution is -0.132. The summed E-state index contributed by atoms with van der Waals surface area (Å²) in [7, 11) is 1.88. The first-order valence-corrected chi connectivity index (χ1v) is 6.76. The fourth-order valence-electron chi connectivity index (χ4n) is 2.65. The number of likely N-dealkylation sites (tertiary alicyclic amines) is 1. The van der Waals surface area contributed by atoms with Gasteiger partial charge in [-0.15, -0.1) is 0 Å². The summed E-state index contributed by atoms with van der Waals surface area (Å²) in [4.78, 5) is 16.5. The van der Waals surface area contributed by atoms with E-state index in [0.29, 0.717) is 12.5 Å². The largest absolute Gasteiger partial charge is 0.361 e. The molecule has 4 nitrogen and oxygen atoms in total. The predicted octanol–water partition coefficient (Wildman–Crippen LogP) is 1.88. The zero-order valence-corrected chi connectivity index (χ0v) is 11.1. The van der Waals surface area contributed by atoms with Gasteiger partial charge < -0.3 is 15.2 Å². The molecule has 19 heavy (non-hydrogen) atoms. The molecule has 0 spiro atoms. The molecule has 2 aromatic rings. The van der Waals surface area contributed by atoms with Crippen LogP contribution >= 0.6 is 0 Å². The second-order valence-electron chi connectivity index (χ2n) is 5.29. The van der Waals surface area contributed by atoms with Crippen molar-refractivity contribution in [3.05, 3.63) is 36.0 Å². The Labute approximate surface area is 112 Å². The number of piperidine rings is 1. The SMILES string of the molecule is CN1CC(NCc2ccc3cc[nH]c3c2)CCC1=O. The quantitative estimate of drug-likeness (QED) is 0.882. The molecule has 1 aliphatic rings. The molecule has 1 aromatic carbocycles. The number of fused-ring (bicyclic) bond motifs is 1. The van der Waals surface area contributed by atoms with Crippen LogP contribution < -0.4 is 5.32 Å². The van der Waals surface area contributed by atoms with E-state index in [-0.39, 0.29) is 5.91 Å². The minimum atomic E-state index is 0.255. The zero-order valence-electron chi connectivity index (χ0n) is 11.1. The Bertz CT molecular complexity index is 590. The second kappa shape index (κ2) is 5.05. The molecule has 1 saturated heterocycles. The third kappa shape index (κ3) is 2.63. The summed E-state index contributed by atoms with van der Waals surface area (Å²) < 4.78 is 0. The first-order valence-electron chi connectivity index (χ1n) is 6.76. The first kappa shape index (κ1) is 12.2. The molecule has 0 bridgehead atoms. The maximum Gasteiger partial charge on any atom is 0.222 e. The molecule has 4 heteroatoms. The molecule has 3 rings (SSSR count). The van der Waals surface area contributed by atoms with E-state index in [1.54, 1.807) is 0 Å². The molecular weight excluding hydrogens is 238 g/mol. The highest BCUT2D eigenvalue weighted by Crippen LogP contribution is 2.15. The van der Waals surface area contributed by atoms with Crippen molar-refractivity contribution in [2.45, 2.75) is 25.4 Å². The average Bonchev–Trinajstić information content (AvgIpc) is 2.87. The third-order valence-corrected chi connectivity index (χ3v) is 3.84. The molecular formula is C15H19N3O. The van der Waals surface area contributed by atoms with Crippen LogP contribution in [0.1, 0.15) is 18.4 Å². The van der Waals surface area contributed by atoms with Crippen molar-refractivity contribution >= 4 is 16.8 Å². The van der Waals surface area contributed by atoms with Crippen molar-refractivity contribution in [3.8, 4) is 0 Å². The van der Waals surface area contributed by atoms with E-state index in [1.807, 2.05) is 18.1 Å². The molecule has 1 atom stereocenters. The van der Waals surface area contributed by atoms with Gasteiger partial charge in [-0.2, -0.15) is 0 Å². The van der Waals surface area contributed by atoms with Gasteiger partial charge in [-0.3, -0.25) is 4.79 Å². The van der Waals surface area contributed by atoms with Gasteiger partial charge in [0.05, 0.1) is 0 Å². The number of hydrogen-bond donors (Lipinski definition) is 2. The van der Waals surface area contributed by atoms with E-state index in [4.69, 9.17) is 0 Å². The first-order chi connectivity index (χ1) is 9.22. The van der Waals surface area contributed by atoms with Crippen LogP contribution in [0.15, 0.2) is 30.5 Å². The van der Waals surface area contributed by atoms with Gasteiger partial charge in [0.15, 0.2) is 0 Å². The van der Waals surface area contributed by atoms with Crippen LogP contribution in [-0.2, 0) is 11.3 Å². The summed E-state index contributed by atoms with van der Waals surface area (Å²) in [6.45, 7) is 1.66. The lowest BCUT2D eigenvalue weighted by Crippen LogP contribution is -2.46. The van der Waals surface area contributed by atoms with E-state index >= 15 is 0 Å². The summed E-state index contributed by atoms with van der Waals surface area (Å²) >= 11 is 0. The summed E-state index contributed by atoms with van der Waals surface area (Å²) in [5, 5.41) is 4.78. The highest BCUT2D eigenvalue weighted by Gasteiger charge is 2.22. The van der Waals surface area contributed by atoms with Crippen LogP contribution in [0.4, 0.5) is 0 Å². The molecule has 2 heterocycles. The number of carbonyl (C=O) groups is 1. The topological polar surface area (TPSA) is 48.1 Å². The fraction of sp³-hybridized carbons (Fsp3) is 0.400. The minimum absolute atomic E-state index is 0.255. The van der Waals surface area contributed by atoms with Gasteiger partial charge in [0, 0.05) is 44.3 Å². The van der Waals surface area contributed by atoms with Crippen molar-refractivity contribution in [2.24, 2.45) is 0 Å². The number of aromatic amines is 1. The highest BCUT2D eigenvalue weighted by molar-refractivity contribution is 5.79. The van der Waals surface area contributed by atoms with Gasteiger partial charge in [-0.1, -0.05) is 12.1 Å². The van der Waals surface area contributed by atoms with E-state index < -0.39 is 0 Å². The number of amides is 1. The lowest BCUT2D eigenvalue weighted by atomic mass is 10.1. The molecule has 1 amide bonds. The Kier molecular flexibility index (Phi) is 3.25. The van der Waals surface area contributed by atoms with E-state index in [2.05, 4.69) is 34.6 Å². The van der Waals surface area contributed by atoms with E-state index in [1.165, 1.54) is 16.5 Å². The minimum Gasteiger partial charge on any atom is -0.361 e. The van der Waals surface area contributed by atoms with E-state index in [0.717, 1.165) is 19.5 Å². The number of aromatic nitrogens is 1. The van der Waals surface area contributed by atoms with Gasteiger partial charge >= 0.3 is 0 Å². The van der Waals surface area contributed by atoms with Crippen LogP contribution in [0.25, 0.3) is 10.9 Å². The molecule has 0 saturated carbocycles. The molecule has 100 valence electrons. The van der Waals surface area contributed by atoms with Crippen molar-refractivity contribution in [1.29, 1.82) is 0 Å². The monoisotopic (exact) mass is 257 g/mol. The highest BCUT2D eigenvalue weighted by atomic mass is 16.2. The number of rotatable bonds is 3. The van der Waals surface area contributed by atoms with Crippen molar-refractivity contribution in [2.75, 3.05) is 13.6 Å². The van der Waals surface area contributed by atoms with Crippen molar-refractivity contribution in [3.63, 3.8) is 0 Å². The Balaban J connectivity index is 1.61. The number of likely N-dealkylation sites (N-methyl/N-ethyl adjacent to an activating group) is 1. The number of H-pyrrole nitrogens is 1.